The summed E-state index contributed by atoms with van der Waals surface area (Å²) in [4.78, 5) is 13.6. The molecular weight excluding hydrogens is 440 g/mol. The molecular formula is C29H33ClN4. The Morgan fingerprint density at radius 1 is 0.765 bits per heavy atom. The van der Waals surface area contributed by atoms with Crippen molar-refractivity contribution < 1.29 is 0 Å². The van der Waals surface area contributed by atoms with Gasteiger partial charge in [0.1, 0.15) is 5.82 Å². The minimum atomic E-state index is 0. The highest BCUT2D eigenvalue weighted by Gasteiger charge is 2.27. The Hall–Kier alpha value is -2.92. The summed E-state index contributed by atoms with van der Waals surface area (Å²) in [7, 11) is 0. The van der Waals surface area contributed by atoms with Gasteiger partial charge in [0.2, 0.25) is 0 Å². The maximum Gasteiger partial charge on any atom is 0.137 e. The molecule has 0 saturated carbocycles. The van der Waals surface area contributed by atoms with Gasteiger partial charge in [0.05, 0.1) is 11.7 Å². The van der Waals surface area contributed by atoms with Gasteiger partial charge >= 0.3 is 0 Å². The number of imidazole rings is 1. The summed E-state index contributed by atoms with van der Waals surface area (Å²) in [5, 5.41) is 0. The summed E-state index contributed by atoms with van der Waals surface area (Å²) < 4.78 is 0. The lowest BCUT2D eigenvalue weighted by Gasteiger charge is -2.39. The van der Waals surface area contributed by atoms with Gasteiger partial charge in [-0.25, -0.2) is 4.98 Å². The van der Waals surface area contributed by atoms with E-state index in [-0.39, 0.29) is 12.4 Å². The van der Waals surface area contributed by atoms with Crippen molar-refractivity contribution in [1.29, 1.82) is 0 Å². The van der Waals surface area contributed by atoms with Gasteiger partial charge in [-0.1, -0.05) is 90.5 Å². The Labute approximate surface area is 209 Å². The number of aromatic amines is 1. The van der Waals surface area contributed by atoms with E-state index in [0.29, 0.717) is 6.04 Å². The molecule has 4 nitrogen and oxygen atoms in total. The fraction of sp³-hybridized carbons (Fsp3) is 0.276. The monoisotopic (exact) mass is 472 g/mol. The van der Waals surface area contributed by atoms with Gasteiger partial charge in [-0.2, -0.15) is 0 Å². The lowest BCUT2D eigenvalue weighted by Crippen LogP contribution is -2.47. The normalized spacial score (nSPS) is 14.8. The summed E-state index contributed by atoms with van der Waals surface area (Å²) in [6, 6.07) is 30.7. The molecule has 176 valence electrons. The van der Waals surface area contributed by atoms with Crippen molar-refractivity contribution in [1.82, 2.24) is 19.8 Å². The van der Waals surface area contributed by atoms with Gasteiger partial charge in [0, 0.05) is 44.0 Å². The highest BCUT2D eigenvalue weighted by molar-refractivity contribution is 5.85. The topological polar surface area (TPSA) is 35.2 Å². The number of aryl methyl sites for hydroxylation is 2. The van der Waals surface area contributed by atoms with Crippen LogP contribution in [0.3, 0.4) is 0 Å². The van der Waals surface area contributed by atoms with E-state index < -0.39 is 0 Å². The zero-order valence-electron chi connectivity index (χ0n) is 19.9. The highest BCUT2D eigenvalue weighted by atomic mass is 35.5. The Kier molecular flexibility index (Phi) is 7.84. The molecule has 0 unspecified atom stereocenters. The zero-order chi connectivity index (χ0) is 22.6. The number of halogens is 1. The lowest BCUT2D eigenvalue weighted by atomic mass is 9.96. The second kappa shape index (κ2) is 11.0. The molecule has 34 heavy (non-hydrogen) atoms. The molecule has 0 amide bonds. The van der Waals surface area contributed by atoms with Gasteiger partial charge in [-0.05, 0) is 25.0 Å². The van der Waals surface area contributed by atoms with E-state index in [1.807, 2.05) is 0 Å². The van der Waals surface area contributed by atoms with Crippen molar-refractivity contribution in [3.8, 4) is 11.4 Å². The minimum absolute atomic E-state index is 0. The van der Waals surface area contributed by atoms with Gasteiger partial charge < -0.3 is 4.98 Å². The van der Waals surface area contributed by atoms with Crippen LogP contribution in [-0.4, -0.2) is 45.9 Å². The van der Waals surface area contributed by atoms with Crippen molar-refractivity contribution in [2.45, 2.75) is 26.4 Å². The molecule has 0 bridgehead atoms. The van der Waals surface area contributed by atoms with Gasteiger partial charge in [0.15, 0.2) is 0 Å². The van der Waals surface area contributed by atoms with Crippen molar-refractivity contribution in [2.75, 3.05) is 26.2 Å². The van der Waals surface area contributed by atoms with Crippen LogP contribution in [0.25, 0.3) is 11.4 Å². The van der Waals surface area contributed by atoms with Crippen LogP contribution in [-0.2, 0) is 6.54 Å². The van der Waals surface area contributed by atoms with Crippen molar-refractivity contribution in [3.63, 3.8) is 0 Å². The molecule has 1 aliphatic heterocycles. The first-order valence-electron chi connectivity index (χ1n) is 11.9. The van der Waals surface area contributed by atoms with Crippen molar-refractivity contribution in [3.05, 3.63) is 113 Å². The number of piperazine rings is 1. The first-order chi connectivity index (χ1) is 16.2. The van der Waals surface area contributed by atoms with E-state index >= 15 is 0 Å². The molecule has 0 radical (unpaired) electrons. The van der Waals surface area contributed by atoms with E-state index in [0.717, 1.165) is 49.8 Å². The first kappa shape index (κ1) is 24.2. The molecule has 1 aliphatic rings. The molecule has 0 atom stereocenters. The smallest absolute Gasteiger partial charge is 0.137 e. The molecule has 0 aliphatic carbocycles. The van der Waals surface area contributed by atoms with Crippen LogP contribution < -0.4 is 0 Å². The molecule has 1 N–H and O–H groups in total. The second-order valence-electron chi connectivity index (χ2n) is 9.06. The fourth-order valence-electron chi connectivity index (χ4n) is 4.77. The summed E-state index contributed by atoms with van der Waals surface area (Å²) in [6.07, 6.45) is 0. The van der Waals surface area contributed by atoms with Crippen molar-refractivity contribution >= 4 is 12.4 Å². The standard InChI is InChI=1S/C29H32N4.ClH/c1-22-13-15-26(16-14-22)29-30-23(2)27(31-29)21-32-17-19-33(20-18-32)28(24-9-5-3-6-10-24)25-11-7-4-8-12-25;/h3-16,28H,17-21H2,1-2H3,(H,30,31);1H. The maximum absolute atomic E-state index is 4.94. The predicted octanol–water partition coefficient (Wildman–Crippen LogP) is 6.02. The number of H-pyrrole nitrogens is 1. The van der Waals surface area contributed by atoms with E-state index in [9.17, 15) is 0 Å². The molecule has 3 aromatic carbocycles. The van der Waals surface area contributed by atoms with Gasteiger partial charge in [0.25, 0.3) is 0 Å². The number of hydrogen-bond acceptors (Lipinski definition) is 3. The SMILES string of the molecule is Cc1ccc(-c2nc(CN3CCN(C(c4ccccc4)c4ccccc4)CC3)c(C)[nH]2)cc1.Cl. The van der Waals surface area contributed by atoms with Crippen LogP contribution in [0.15, 0.2) is 84.9 Å². The van der Waals surface area contributed by atoms with Crippen LogP contribution in [0.2, 0.25) is 0 Å². The third-order valence-electron chi connectivity index (χ3n) is 6.69. The molecule has 1 fully saturated rings. The third-order valence-corrected chi connectivity index (χ3v) is 6.69. The van der Waals surface area contributed by atoms with Gasteiger partial charge in [-0.3, -0.25) is 9.80 Å². The lowest BCUT2D eigenvalue weighted by molar-refractivity contribution is 0.104. The van der Waals surface area contributed by atoms with E-state index in [1.54, 1.807) is 0 Å². The Morgan fingerprint density at radius 2 is 1.32 bits per heavy atom. The molecule has 1 aromatic heterocycles. The van der Waals surface area contributed by atoms with E-state index in [2.05, 4.69) is 114 Å². The number of rotatable bonds is 6. The quantitative estimate of drug-likeness (QED) is 0.372. The number of benzene rings is 3. The van der Waals surface area contributed by atoms with Crippen LogP contribution in [0.5, 0.6) is 0 Å². The third kappa shape index (κ3) is 5.41. The van der Waals surface area contributed by atoms with Crippen LogP contribution >= 0.6 is 12.4 Å². The summed E-state index contributed by atoms with van der Waals surface area (Å²) >= 11 is 0. The summed E-state index contributed by atoms with van der Waals surface area (Å²) in [6.45, 7) is 9.32. The summed E-state index contributed by atoms with van der Waals surface area (Å²) in [5.41, 5.74) is 7.46. The zero-order valence-corrected chi connectivity index (χ0v) is 20.8. The number of nitrogens with zero attached hydrogens (tertiary/aromatic N) is 3. The Bertz CT molecular complexity index is 1120. The number of aromatic nitrogens is 2. The largest absolute Gasteiger partial charge is 0.342 e. The van der Waals surface area contributed by atoms with E-state index in [4.69, 9.17) is 4.98 Å². The average molecular weight is 473 g/mol. The first-order valence-corrected chi connectivity index (χ1v) is 11.9. The van der Waals surface area contributed by atoms with Gasteiger partial charge in [-0.15, -0.1) is 12.4 Å². The second-order valence-corrected chi connectivity index (χ2v) is 9.06. The molecule has 4 aromatic rings. The Morgan fingerprint density at radius 3 is 1.88 bits per heavy atom. The number of hydrogen-bond donors (Lipinski definition) is 1. The van der Waals surface area contributed by atoms with Crippen LogP contribution in [0.4, 0.5) is 0 Å². The fourth-order valence-corrected chi connectivity index (χ4v) is 4.77. The Balaban J connectivity index is 0.00000274. The molecule has 1 saturated heterocycles. The molecule has 5 rings (SSSR count). The average Bonchev–Trinajstić information content (AvgIpc) is 3.22. The molecule has 0 spiro atoms. The van der Waals surface area contributed by atoms with E-state index in [1.165, 1.54) is 22.4 Å². The van der Waals surface area contributed by atoms with Crippen molar-refractivity contribution in [2.24, 2.45) is 0 Å². The minimum Gasteiger partial charge on any atom is -0.342 e. The summed E-state index contributed by atoms with van der Waals surface area (Å²) in [5.74, 6) is 0.967. The molecule has 5 heteroatoms. The number of nitrogens with one attached hydrogen (secondary N) is 1. The molecule has 2 heterocycles. The maximum atomic E-state index is 4.94. The predicted molar refractivity (Wildman–Crippen MR) is 142 cm³/mol. The van der Waals surface area contributed by atoms with Crippen LogP contribution in [0.1, 0.15) is 34.1 Å². The van der Waals surface area contributed by atoms with Crippen LogP contribution in [0, 0.1) is 13.8 Å². The highest BCUT2D eigenvalue weighted by Crippen LogP contribution is 2.30.